The standard InChI is InChI=1S/C20H23FN2O3S/c1-16-4-2-3-5-19(16)27(25,26)23-14-12-22(13-15-23)20(24)11-8-17-6-9-18(21)10-7-17/h2-7,9-10H,8,11-15H2,1H3. The van der Waals surface area contributed by atoms with Gasteiger partial charge in [0.15, 0.2) is 0 Å². The van der Waals surface area contributed by atoms with E-state index in [0.717, 1.165) is 11.1 Å². The third kappa shape index (κ3) is 4.54. The van der Waals surface area contributed by atoms with Crippen LogP contribution in [-0.4, -0.2) is 49.7 Å². The van der Waals surface area contributed by atoms with E-state index in [4.69, 9.17) is 0 Å². The fourth-order valence-electron chi connectivity index (χ4n) is 3.22. The molecule has 0 unspecified atom stereocenters. The first-order chi connectivity index (χ1) is 12.9. The summed E-state index contributed by atoms with van der Waals surface area (Å²) in [6, 6.07) is 13.0. The average Bonchev–Trinajstić information content (AvgIpc) is 2.67. The first-order valence-electron chi connectivity index (χ1n) is 8.96. The minimum absolute atomic E-state index is 0.00716. The van der Waals surface area contributed by atoms with Crippen molar-refractivity contribution >= 4 is 15.9 Å². The van der Waals surface area contributed by atoms with Crippen molar-refractivity contribution in [3.8, 4) is 0 Å². The third-order valence-corrected chi connectivity index (χ3v) is 6.90. The summed E-state index contributed by atoms with van der Waals surface area (Å²) < 4.78 is 40.0. The largest absolute Gasteiger partial charge is 0.340 e. The smallest absolute Gasteiger partial charge is 0.243 e. The lowest BCUT2D eigenvalue weighted by Crippen LogP contribution is -2.50. The number of amides is 1. The van der Waals surface area contributed by atoms with Crippen molar-refractivity contribution in [3.63, 3.8) is 0 Å². The van der Waals surface area contributed by atoms with Crippen LogP contribution in [0.25, 0.3) is 0 Å². The summed E-state index contributed by atoms with van der Waals surface area (Å²) in [5, 5.41) is 0. The lowest BCUT2D eigenvalue weighted by molar-refractivity contribution is -0.132. The molecule has 1 heterocycles. The maximum absolute atomic E-state index is 12.9. The van der Waals surface area contributed by atoms with Gasteiger partial charge in [-0.15, -0.1) is 0 Å². The number of rotatable bonds is 5. The van der Waals surface area contributed by atoms with Gasteiger partial charge < -0.3 is 4.90 Å². The number of benzene rings is 2. The molecule has 0 saturated carbocycles. The molecule has 144 valence electrons. The van der Waals surface area contributed by atoms with E-state index in [9.17, 15) is 17.6 Å². The molecule has 1 fully saturated rings. The quantitative estimate of drug-likeness (QED) is 0.789. The number of aryl methyl sites for hydroxylation is 2. The molecule has 0 atom stereocenters. The SMILES string of the molecule is Cc1ccccc1S(=O)(=O)N1CCN(C(=O)CCc2ccc(F)cc2)CC1. The highest BCUT2D eigenvalue weighted by molar-refractivity contribution is 7.89. The summed E-state index contributed by atoms with van der Waals surface area (Å²) in [5.41, 5.74) is 1.63. The van der Waals surface area contributed by atoms with Crippen LogP contribution in [0, 0.1) is 12.7 Å². The summed E-state index contributed by atoms with van der Waals surface area (Å²) in [7, 11) is -3.54. The second-order valence-corrected chi connectivity index (χ2v) is 8.58. The van der Waals surface area contributed by atoms with E-state index < -0.39 is 10.0 Å². The number of piperazine rings is 1. The lowest BCUT2D eigenvalue weighted by atomic mass is 10.1. The number of halogens is 1. The highest BCUT2D eigenvalue weighted by Crippen LogP contribution is 2.21. The van der Waals surface area contributed by atoms with Crippen molar-refractivity contribution in [2.75, 3.05) is 26.2 Å². The van der Waals surface area contributed by atoms with E-state index >= 15 is 0 Å². The van der Waals surface area contributed by atoms with Crippen LogP contribution >= 0.6 is 0 Å². The Kier molecular flexibility index (Phi) is 5.92. The average molecular weight is 390 g/mol. The third-order valence-electron chi connectivity index (χ3n) is 4.84. The molecular formula is C20H23FN2O3S. The van der Waals surface area contributed by atoms with Gasteiger partial charge in [0.25, 0.3) is 0 Å². The van der Waals surface area contributed by atoms with E-state index in [0.29, 0.717) is 43.9 Å². The molecule has 0 aliphatic carbocycles. The van der Waals surface area contributed by atoms with Crippen molar-refractivity contribution in [2.45, 2.75) is 24.7 Å². The van der Waals surface area contributed by atoms with E-state index in [1.54, 1.807) is 42.2 Å². The zero-order valence-corrected chi connectivity index (χ0v) is 16.1. The van der Waals surface area contributed by atoms with Gasteiger partial charge in [0, 0.05) is 32.6 Å². The predicted octanol–water partition coefficient (Wildman–Crippen LogP) is 2.60. The van der Waals surface area contributed by atoms with Crippen LogP contribution in [0.2, 0.25) is 0 Å². The molecule has 27 heavy (non-hydrogen) atoms. The van der Waals surface area contributed by atoms with Crippen LogP contribution < -0.4 is 0 Å². The van der Waals surface area contributed by atoms with Gasteiger partial charge >= 0.3 is 0 Å². The molecule has 2 aromatic carbocycles. The van der Waals surface area contributed by atoms with Crippen LogP contribution in [0.3, 0.4) is 0 Å². The Balaban J connectivity index is 1.56. The zero-order valence-electron chi connectivity index (χ0n) is 15.3. The van der Waals surface area contributed by atoms with Gasteiger partial charge in [-0.3, -0.25) is 4.79 Å². The van der Waals surface area contributed by atoms with Gasteiger partial charge in [-0.05, 0) is 42.7 Å². The molecule has 0 radical (unpaired) electrons. The predicted molar refractivity (Wildman–Crippen MR) is 101 cm³/mol. The molecule has 0 bridgehead atoms. The minimum Gasteiger partial charge on any atom is -0.340 e. The van der Waals surface area contributed by atoms with Gasteiger partial charge in [-0.1, -0.05) is 30.3 Å². The van der Waals surface area contributed by atoms with E-state index in [-0.39, 0.29) is 11.7 Å². The Hall–Kier alpha value is -2.25. The Bertz CT molecular complexity index is 905. The Labute approximate surface area is 159 Å². The Morgan fingerprint density at radius 3 is 2.26 bits per heavy atom. The van der Waals surface area contributed by atoms with Gasteiger partial charge in [0.05, 0.1) is 4.90 Å². The normalized spacial score (nSPS) is 15.7. The van der Waals surface area contributed by atoms with Crippen LogP contribution in [0.4, 0.5) is 4.39 Å². The van der Waals surface area contributed by atoms with Gasteiger partial charge in [-0.25, -0.2) is 12.8 Å². The van der Waals surface area contributed by atoms with Crippen molar-refractivity contribution in [1.82, 2.24) is 9.21 Å². The molecule has 5 nitrogen and oxygen atoms in total. The number of carbonyl (C=O) groups excluding carboxylic acids is 1. The summed E-state index contributed by atoms with van der Waals surface area (Å²) in [4.78, 5) is 14.4. The van der Waals surface area contributed by atoms with Crippen molar-refractivity contribution in [1.29, 1.82) is 0 Å². The molecule has 0 spiro atoms. The van der Waals surface area contributed by atoms with E-state index in [1.807, 2.05) is 6.07 Å². The first-order valence-corrected chi connectivity index (χ1v) is 10.4. The lowest BCUT2D eigenvalue weighted by Gasteiger charge is -2.34. The van der Waals surface area contributed by atoms with Gasteiger partial charge in [-0.2, -0.15) is 4.31 Å². The highest BCUT2D eigenvalue weighted by Gasteiger charge is 2.30. The van der Waals surface area contributed by atoms with Crippen molar-refractivity contribution < 1.29 is 17.6 Å². The molecule has 3 rings (SSSR count). The van der Waals surface area contributed by atoms with Crippen LogP contribution in [-0.2, 0) is 21.2 Å². The fraction of sp³-hybridized carbons (Fsp3) is 0.350. The monoisotopic (exact) mass is 390 g/mol. The van der Waals surface area contributed by atoms with Crippen LogP contribution in [0.15, 0.2) is 53.4 Å². The van der Waals surface area contributed by atoms with E-state index in [2.05, 4.69) is 0 Å². The fourth-order valence-corrected chi connectivity index (χ4v) is 4.87. The molecule has 2 aromatic rings. The second-order valence-electron chi connectivity index (χ2n) is 6.68. The molecule has 0 aromatic heterocycles. The van der Waals surface area contributed by atoms with Crippen LogP contribution in [0.5, 0.6) is 0 Å². The molecule has 1 saturated heterocycles. The minimum atomic E-state index is -3.54. The molecule has 1 amide bonds. The first kappa shape index (κ1) is 19.5. The Morgan fingerprint density at radius 2 is 1.63 bits per heavy atom. The summed E-state index contributed by atoms with van der Waals surface area (Å²) in [6.45, 7) is 3.13. The number of carbonyl (C=O) groups is 1. The summed E-state index contributed by atoms with van der Waals surface area (Å²) in [6.07, 6.45) is 0.872. The second kappa shape index (κ2) is 8.19. The summed E-state index contributed by atoms with van der Waals surface area (Å²) in [5.74, 6) is -0.302. The van der Waals surface area contributed by atoms with E-state index in [1.165, 1.54) is 16.4 Å². The summed E-state index contributed by atoms with van der Waals surface area (Å²) >= 11 is 0. The highest BCUT2D eigenvalue weighted by atomic mass is 32.2. The molecular weight excluding hydrogens is 367 g/mol. The van der Waals surface area contributed by atoms with Crippen molar-refractivity contribution in [3.05, 3.63) is 65.5 Å². The number of hydrogen-bond donors (Lipinski definition) is 0. The maximum atomic E-state index is 12.9. The van der Waals surface area contributed by atoms with Crippen LogP contribution in [0.1, 0.15) is 17.5 Å². The Morgan fingerprint density at radius 1 is 1.00 bits per heavy atom. The van der Waals surface area contributed by atoms with Gasteiger partial charge in [0.1, 0.15) is 5.82 Å². The zero-order chi connectivity index (χ0) is 19.4. The van der Waals surface area contributed by atoms with Gasteiger partial charge in [0.2, 0.25) is 15.9 Å². The number of hydrogen-bond acceptors (Lipinski definition) is 3. The molecule has 0 N–H and O–H groups in total. The maximum Gasteiger partial charge on any atom is 0.243 e. The number of sulfonamides is 1. The number of nitrogens with zero attached hydrogens (tertiary/aromatic N) is 2. The topological polar surface area (TPSA) is 57.7 Å². The molecule has 7 heteroatoms. The molecule has 1 aliphatic heterocycles. The van der Waals surface area contributed by atoms with Crippen molar-refractivity contribution in [2.24, 2.45) is 0 Å². The molecule has 1 aliphatic rings.